The number of rotatable bonds is 4. The predicted octanol–water partition coefficient (Wildman–Crippen LogP) is 1.18. The Bertz CT molecular complexity index is 829. The molecule has 1 aromatic heterocycles. The number of H-pyrrole nitrogens is 1. The fraction of sp³-hybridized carbons (Fsp3) is 0.700. The number of carbonyl (C=O) groups is 2. The Kier molecular flexibility index (Phi) is 4.56. The van der Waals surface area contributed by atoms with Gasteiger partial charge in [-0.05, 0) is 51.9 Å². The molecule has 1 atom stereocenters. The molecule has 146 valence electrons. The molecular formula is C20H28N4O3. The van der Waals surface area contributed by atoms with Gasteiger partial charge in [0.25, 0.3) is 5.56 Å². The van der Waals surface area contributed by atoms with E-state index >= 15 is 0 Å². The van der Waals surface area contributed by atoms with Gasteiger partial charge >= 0.3 is 0 Å². The number of hydrogen-bond acceptors (Lipinski definition) is 4. The molecule has 2 saturated heterocycles. The molecule has 7 nitrogen and oxygen atoms in total. The van der Waals surface area contributed by atoms with E-state index in [2.05, 4.69) is 9.97 Å². The average Bonchev–Trinajstić information content (AvgIpc) is 3.33. The van der Waals surface area contributed by atoms with Crippen LogP contribution in [0.1, 0.15) is 49.2 Å². The van der Waals surface area contributed by atoms with E-state index < -0.39 is 5.41 Å². The van der Waals surface area contributed by atoms with Crippen molar-refractivity contribution in [1.29, 1.82) is 0 Å². The summed E-state index contributed by atoms with van der Waals surface area (Å²) in [6.45, 7) is 6.32. The lowest BCUT2D eigenvalue weighted by Crippen LogP contribution is -2.51. The number of hydrogen-bond donors (Lipinski definition) is 1. The molecule has 0 bridgehead atoms. The van der Waals surface area contributed by atoms with Gasteiger partial charge in [-0.2, -0.15) is 0 Å². The quantitative estimate of drug-likeness (QED) is 0.860. The summed E-state index contributed by atoms with van der Waals surface area (Å²) in [4.78, 5) is 48.9. The molecule has 2 amide bonds. The van der Waals surface area contributed by atoms with Crippen molar-refractivity contribution in [3.63, 3.8) is 0 Å². The molecule has 1 aromatic rings. The largest absolute Gasteiger partial charge is 0.342 e. The van der Waals surface area contributed by atoms with Gasteiger partial charge in [0.05, 0.1) is 11.8 Å². The second kappa shape index (κ2) is 6.77. The summed E-state index contributed by atoms with van der Waals surface area (Å²) in [5.41, 5.74) is 0.377. The second-order valence-electron chi connectivity index (χ2n) is 8.54. The second-order valence-corrected chi connectivity index (χ2v) is 8.54. The van der Waals surface area contributed by atoms with Crippen LogP contribution in [0.15, 0.2) is 4.79 Å². The van der Waals surface area contributed by atoms with Gasteiger partial charge in [0.1, 0.15) is 5.82 Å². The minimum Gasteiger partial charge on any atom is -0.342 e. The van der Waals surface area contributed by atoms with Crippen molar-refractivity contribution in [3.8, 4) is 0 Å². The summed E-state index contributed by atoms with van der Waals surface area (Å²) in [5, 5.41) is 0. The van der Waals surface area contributed by atoms with Crippen LogP contribution in [0.25, 0.3) is 0 Å². The van der Waals surface area contributed by atoms with Crippen molar-refractivity contribution in [2.24, 2.45) is 11.3 Å². The lowest BCUT2D eigenvalue weighted by atomic mass is 9.78. The van der Waals surface area contributed by atoms with E-state index in [1.54, 1.807) is 18.7 Å². The smallest absolute Gasteiger partial charge is 0.254 e. The molecule has 0 aromatic carbocycles. The number of carbonyl (C=O) groups excluding carboxylic acids is 2. The molecule has 7 heteroatoms. The van der Waals surface area contributed by atoms with Crippen LogP contribution in [0.2, 0.25) is 0 Å². The van der Waals surface area contributed by atoms with Gasteiger partial charge in [-0.15, -0.1) is 0 Å². The topological polar surface area (TPSA) is 86.4 Å². The zero-order valence-electron chi connectivity index (χ0n) is 16.2. The Morgan fingerprint density at radius 2 is 2.00 bits per heavy atom. The number of nitrogens with zero attached hydrogens (tertiary/aromatic N) is 3. The zero-order chi connectivity index (χ0) is 19.2. The van der Waals surface area contributed by atoms with Gasteiger partial charge in [0.15, 0.2) is 0 Å². The van der Waals surface area contributed by atoms with E-state index in [1.165, 1.54) is 12.8 Å². The van der Waals surface area contributed by atoms with Crippen LogP contribution in [0.5, 0.6) is 0 Å². The Hall–Kier alpha value is -2.18. The number of aromatic nitrogens is 2. The third kappa shape index (κ3) is 3.51. The summed E-state index contributed by atoms with van der Waals surface area (Å²) >= 11 is 0. The van der Waals surface area contributed by atoms with Crippen molar-refractivity contribution in [1.82, 2.24) is 19.8 Å². The van der Waals surface area contributed by atoms with E-state index in [1.807, 2.05) is 4.90 Å². The van der Waals surface area contributed by atoms with Crippen LogP contribution in [-0.4, -0.2) is 57.8 Å². The Labute approximate surface area is 159 Å². The molecule has 1 spiro atoms. The Morgan fingerprint density at radius 1 is 1.22 bits per heavy atom. The first-order valence-corrected chi connectivity index (χ1v) is 10.0. The number of nitrogens with one attached hydrogen (secondary N) is 1. The van der Waals surface area contributed by atoms with E-state index in [0.29, 0.717) is 36.1 Å². The number of amides is 2. The van der Waals surface area contributed by atoms with Gasteiger partial charge in [-0.25, -0.2) is 4.98 Å². The van der Waals surface area contributed by atoms with Gasteiger partial charge in [-0.1, -0.05) is 0 Å². The SMILES string of the molecule is Cc1nc(C)c(CC(=O)N2CC[C@]3(CCCN(CC4CC4)C3=O)C2)c(=O)[nH]1. The molecule has 0 radical (unpaired) electrons. The highest BCUT2D eigenvalue weighted by Gasteiger charge is 2.49. The van der Waals surface area contributed by atoms with Crippen LogP contribution in [0.4, 0.5) is 0 Å². The first-order chi connectivity index (χ1) is 12.9. The van der Waals surface area contributed by atoms with Crippen LogP contribution < -0.4 is 5.56 Å². The van der Waals surface area contributed by atoms with Crippen molar-refractivity contribution in [2.75, 3.05) is 26.2 Å². The van der Waals surface area contributed by atoms with Crippen LogP contribution in [0, 0.1) is 25.2 Å². The third-order valence-corrected chi connectivity index (χ3v) is 6.37. The normalized spacial score (nSPS) is 25.5. The molecule has 27 heavy (non-hydrogen) atoms. The van der Waals surface area contributed by atoms with Crippen molar-refractivity contribution < 1.29 is 9.59 Å². The standard InChI is InChI=1S/C20H28N4O3/c1-13-16(18(26)22-14(2)21-13)10-17(25)24-9-7-20(12-24)6-3-8-23(19(20)27)11-15-4-5-15/h15H,3-12H2,1-2H3,(H,21,22,26)/t20-/m1/s1. The molecule has 1 aliphatic carbocycles. The highest BCUT2D eigenvalue weighted by atomic mass is 16.2. The lowest BCUT2D eigenvalue weighted by Gasteiger charge is -2.39. The molecule has 2 aliphatic heterocycles. The molecule has 1 saturated carbocycles. The van der Waals surface area contributed by atoms with Crippen LogP contribution in [0.3, 0.4) is 0 Å². The fourth-order valence-electron chi connectivity index (χ4n) is 4.62. The summed E-state index contributed by atoms with van der Waals surface area (Å²) in [5.74, 6) is 1.39. The maximum absolute atomic E-state index is 13.1. The predicted molar refractivity (Wildman–Crippen MR) is 100 cm³/mol. The molecular weight excluding hydrogens is 344 g/mol. The van der Waals surface area contributed by atoms with E-state index in [9.17, 15) is 14.4 Å². The number of likely N-dealkylation sites (tertiary alicyclic amines) is 2. The molecule has 3 aliphatic rings. The highest BCUT2D eigenvalue weighted by molar-refractivity contribution is 5.86. The molecule has 4 rings (SSSR count). The van der Waals surface area contributed by atoms with E-state index in [0.717, 1.165) is 32.4 Å². The molecule has 3 heterocycles. The number of piperidine rings is 1. The highest BCUT2D eigenvalue weighted by Crippen LogP contribution is 2.41. The fourth-order valence-corrected chi connectivity index (χ4v) is 4.62. The van der Waals surface area contributed by atoms with Crippen LogP contribution >= 0.6 is 0 Å². The summed E-state index contributed by atoms with van der Waals surface area (Å²) in [6.07, 6.45) is 5.13. The maximum Gasteiger partial charge on any atom is 0.254 e. The zero-order valence-corrected chi connectivity index (χ0v) is 16.2. The van der Waals surface area contributed by atoms with Crippen molar-refractivity contribution in [3.05, 3.63) is 27.4 Å². The Balaban J connectivity index is 1.45. The summed E-state index contributed by atoms with van der Waals surface area (Å²) < 4.78 is 0. The number of aryl methyl sites for hydroxylation is 2. The minimum absolute atomic E-state index is 0.0461. The van der Waals surface area contributed by atoms with Crippen molar-refractivity contribution in [2.45, 2.75) is 52.4 Å². The monoisotopic (exact) mass is 372 g/mol. The van der Waals surface area contributed by atoms with Gasteiger partial charge in [0, 0.05) is 37.4 Å². The maximum atomic E-state index is 13.1. The molecule has 3 fully saturated rings. The summed E-state index contributed by atoms with van der Waals surface area (Å²) in [7, 11) is 0. The van der Waals surface area contributed by atoms with E-state index in [4.69, 9.17) is 0 Å². The van der Waals surface area contributed by atoms with Crippen LogP contribution in [-0.2, 0) is 16.0 Å². The minimum atomic E-state index is -0.407. The third-order valence-electron chi connectivity index (χ3n) is 6.37. The Morgan fingerprint density at radius 3 is 2.70 bits per heavy atom. The summed E-state index contributed by atoms with van der Waals surface area (Å²) in [6, 6.07) is 0. The van der Waals surface area contributed by atoms with E-state index in [-0.39, 0.29) is 23.8 Å². The van der Waals surface area contributed by atoms with Crippen molar-refractivity contribution >= 4 is 11.8 Å². The van der Waals surface area contributed by atoms with Gasteiger partial charge < -0.3 is 14.8 Å². The first-order valence-electron chi connectivity index (χ1n) is 10.0. The molecule has 0 unspecified atom stereocenters. The lowest BCUT2D eigenvalue weighted by molar-refractivity contribution is -0.146. The average molecular weight is 372 g/mol. The molecule has 1 N–H and O–H groups in total. The van der Waals surface area contributed by atoms with Gasteiger partial charge in [0.2, 0.25) is 11.8 Å². The first kappa shape index (κ1) is 18.2. The number of aromatic amines is 1. The van der Waals surface area contributed by atoms with Gasteiger partial charge in [-0.3, -0.25) is 14.4 Å².